The van der Waals surface area contributed by atoms with E-state index >= 15 is 0 Å². The summed E-state index contributed by atoms with van der Waals surface area (Å²) in [5.74, 6) is -2.59. The first kappa shape index (κ1) is 13.7. The molecule has 0 saturated carbocycles. The molecule has 96 valence electrons. The highest BCUT2D eigenvalue weighted by Gasteiger charge is 2.10. The number of nitrogen functional groups attached to an aromatic ring is 1. The molecule has 5 nitrogen and oxygen atoms in total. The molecule has 0 heterocycles. The zero-order valence-electron chi connectivity index (χ0n) is 9.37. The van der Waals surface area contributed by atoms with Crippen molar-refractivity contribution in [1.82, 2.24) is 5.32 Å². The molecule has 0 spiro atoms. The van der Waals surface area contributed by atoms with Crippen LogP contribution in [-0.2, 0) is 4.79 Å². The van der Waals surface area contributed by atoms with E-state index in [4.69, 9.17) is 15.7 Å². The number of nitrogens with zero attached hydrogens (tertiary/aromatic N) is 1. The van der Waals surface area contributed by atoms with Crippen molar-refractivity contribution in [2.75, 3.05) is 18.9 Å². The molecular weight excluding hydrogens is 244 g/mol. The first-order chi connectivity index (χ1) is 8.54. The molecule has 0 aliphatic carbocycles. The van der Waals surface area contributed by atoms with Crippen LogP contribution >= 0.6 is 0 Å². The number of ether oxygens (including phenoxy) is 1. The number of carbonyl (C=O) groups excluding carboxylic acids is 1. The van der Waals surface area contributed by atoms with Gasteiger partial charge >= 0.3 is 0 Å². The van der Waals surface area contributed by atoms with E-state index < -0.39 is 29.9 Å². The number of nitrogens with two attached hydrogens (primary N) is 1. The zero-order chi connectivity index (χ0) is 13.5. The minimum absolute atomic E-state index is 0.163. The van der Waals surface area contributed by atoms with Crippen molar-refractivity contribution >= 4 is 11.6 Å². The molecule has 1 rings (SSSR count). The third-order valence-corrected chi connectivity index (χ3v) is 1.97. The second kappa shape index (κ2) is 6.39. The maximum Gasteiger partial charge on any atom is 0.257 e. The number of anilines is 1. The van der Waals surface area contributed by atoms with Gasteiger partial charge in [-0.05, 0) is 0 Å². The molecule has 0 radical (unpaired) electrons. The Morgan fingerprint density at radius 1 is 1.44 bits per heavy atom. The van der Waals surface area contributed by atoms with Crippen molar-refractivity contribution in [2.24, 2.45) is 0 Å². The largest absolute Gasteiger partial charge is 0.481 e. The lowest BCUT2D eigenvalue weighted by Crippen LogP contribution is -2.29. The molecule has 1 aromatic rings. The monoisotopic (exact) mass is 255 g/mol. The van der Waals surface area contributed by atoms with Crippen molar-refractivity contribution in [3.63, 3.8) is 0 Å². The zero-order valence-corrected chi connectivity index (χ0v) is 9.37. The molecule has 3 N–H and O–H groups in total. The Kier molecular flexibility index (Phi) is 4.87. The minimum atomic E-state index is -0.848. The van der Waals surface area contributed by atoms with E-state index in [1.165, 1.54) is 0 Å². The summed E-state index contributed by atoms with van der Waals surface area (Å²) in [4.78, 5) is 11.2. The summed E-state index contributed by atoms with van der Waals surface area (Å²) in [6.07, 6.45) is 0.163. The van der Waals surface area contributed by atoms with E-state index in [0.717, 1.165) is 12.1 Å². The van der Waals surface area contributed by atoms with Gasteiger partial charge in [-0.15, -0.1) is 0 Å². The maximum atomic E-state index is 13.2. The van der Waals surface area contributed by atoms with Crippen molar-refractivity contribution in [2.45, 2.75) is 6.42 Å². The number of hydrogen-bond donors (Lipinski definition) is 2. The average molecular weight is 255 g/mol. The van der Waals surface area contributed by atoms with Gasteiger partial charge in [-0.3, -0.25) is 4.79 Å². The van der Waals surface area contributed by atoms with Gasteiger partial charge in [0, 0.05) is 18.7 Å². The predicted molar refractivity (Wildman–Crippen MR) is 59.5 cm³/mol. The Bertz CT molecular complexity index is 486. The summed E-state index contributed by atoms with van der Waals surface area (Å²) >= 11 is 0. The Morgan fingerprint density at radius 3 is 2.83 bits per heavy atom. The second-order valence-electron chi connectivity index (χ2n) is 3.35. The van der Waals surface area contributed by atoms with Crippen LogP contribution in [0.2, 0.25) is 0 Å². The van der Waals surface area contributed by atoms with E-state index in [2.05, 4.69) is 5.32 Å². The molecule has 0 saturated heterocycles. The molecule has 18 heavy (non-hydrogen) atoms. The fourth-order valence-corrected chi connectivity index (χ4v) is 1.11. The Hall–Kier alpha value is -2.36. The number of halogens is 2. The first-order valence-corrected chi connectivity index (χ1v) is 5.05. The van der Waals surface area contributed by atoms with Gasteiger partial charge in [-0.2, -0.15) is 5.26 Å². The third kappa shape index (κ3) is 3.90. The topological polar surface area (TPSA) is 88.1 Å². The van der Waals surface area contributed by atoms with E-state index in [0.29, 0.717) is 0 Å². The van der Waals surface area contributed by atoms with Gasteiger partial charge in [0.05, 0.1) is 18.2 Å². The summed E-state index contributed by atoms with van der Waals surface area (Å²) in [5, 5.41) is 10.6. The van der Waals surface area contributed by atoms with Crippen LogP contribution in [0.5, 0.6) is 5.75 Å². The van der Waals surface area contributed by atoms with Crippen molar-refractivity contribution in [1.29, 1.82) is 5.26 Å². The van der Waals surface area contributed by atoms with Crippen LogP contribution in [-0.4, -0.2) is 19.1 Å². The van der Waals surface area contributed by atoms with Crippen LogP contribution in [0.15, 0.2) is 12.1 Å². The lowest BCUT2D eigenvalue weighted by Gasteiger charge is -2.08. The molecular formula is C11H11F2N3O2. The summed E-state index contributed by atoms with van der Waals surface area (Å²) in [5.41, 5.74) is 4.81. The average Bonchev–Trinajstić information content (AvgIpc) is 2.32. The second-order valence-corrected chi connectivity index (χ2v) is 3.35. The van der Waals surface area contributed by atoms with Gasteiger partial charge in [0.15, 0.2) is 18.2 Å². The lowest BCUT2D eigenvalue weighted by molar-refractivity contribution is -0.123. The quantitative estimate of drug-likeness (QED) is 0.605. The summed E-state index contributed by atoms with van der Waals surface area (Å²) in [7, 11) is 0. The van der Waals surface area contributed by atoms with Crippen molar-refractivity contribution < 1.29 is 18.3 Å². The number of hydrogen-bond acceptors (Lipinski definition) is 4. The van der Waals surface area contributed by atoms with Crippen LogP contribution in [0.25, 0.3) is 0 Å². The molecule has 0 aromatic heterocycles. The van der Waals surface area contributed by atoms with E-state index in [1.807, 2.05) is 6.07 Å². The molecule has 0 bridgehead atoms. The maximum absolute atomic E-state index is 13.2. The predicted octanol–water partition coefficient (Wildman–Crippen LogP) is 0.956. The fourth-order valence-electron chi connectivity index (χ4n) is 1.11. The number of nitriles is 1. The van der Waals surface area contributed by atoms with E-state index in [-0.39, 0.29) is 18.7 Å². The van der Waals surface area contributed by atoms with Crippen LogP contribution < -0.4 is 15.8 Å². The molecule has 7 heteroatoms. The van der Waals surface area contributed by atoms with Gasteiger partial charge in [-0.25, -0.2) is 8.78 Å². The first-order valence-electron chi connectivity index (χ1n) is 5.05. The molecule has 1 aromatic carbocycles. The molecule has 0 aliphatic heterocycles. The highest BCUT2D eigenvalue weighted by Crippen LogP contribution is 2.22. The smallest absolute Gasteiger partial charge is 0.257 e. The third-order valence-electron chi connectivity index (χ3n) is 1.97. The number of benzene rings is 1. The number of nitrogens with one attached hydrogen (secondary N) is 1. The molecule has 0 aliphatic rings. The van der Waals surface area contributed by atoms with Gasteiger partial charge in [0.1, 0.15) is 5.82 Å². The van der Waals surface area contributed by atoms with E-state index in [1.54, 1.807) is 0 Å². The van der Waals surface area contributed by atoms with Crippen LogP contribution in [0.4, 0.5) is 14.5 Å². The fraction of sp³-hybridized carbons (Fsp3) is 0.273. The lowest BCUT2D eigenvalue weighted by atomic mass is 10.3. The molecule has 1 amide bonds. The van der Waals surface area contributed by atoms with Crippen molar-refractivity contribution in [3.8, 4) is 11.8 Å². The van der Waals surface area contributed by atoms with Gasteiger partial charge in [0.2, 0.25) is 0 Å². The van der Waals surface area contributed by atoms with Gasteiger partial charge in [-0.1, -0.05) is 0 Å². The Labute approximate surface area is 102 Å². The van der Waals surface area contributed by atoms with Gasteiger partial charge in [0.25, 0.3) is 5.91 Å². The summed E-state index contributed by atoms with van der Waals surface area (Å²) in [6, 6.07) is 3.39. The van der Waals surface area contributed by atoms with E-state index in [9.17, 15) is 13.6 Å². The van der Waals surface area contributed by atoms with Crippen LogP contribution in [0, 0.1) is 23.0 Å². The standard InChI is InChI=1S/C11H11F2N3O2/c12-7-5-10(8(13)4-9(7)15)18-6-11(17)16-3-1-2-14/h4-5H,1,3,6,15H2,(H,16,17). The summed E-state index contributed by atoms with van der Waals surface area (Å²) < 4.78 is 31.1. The molecule has 0 unspecified atom stereocenters. The normalized spacial score (nSPS) is 9.61. The molecule has 0 atom stereocenters. The van der Waals surface area contributed by atoms with Crippen LogP contribution in [0.1, 0.15) is 6.42 Å². The highest BCUT2D eigenvalue weighted by molar-refractivity contribution is 5.77. The minimum Gasteiger partial charge on any atom is -0.481 e. The highest BCUT2D eigenvalue weighted by atomic mass is 19.1. The summed E-state index contributed by atoms with van der Waals surface area (Å²) in [6.45, 7) is -0.289. The molecule has 0 fully saturated rings. The Balaban J connectivity index is 2.51. The van der Waals surface area contributed by atoms with Gasteiger partial charge < -0.3 is 15.8 Å². The Morgan fingerprint density at radius 2 is 2.17 bits per heavy atom. The van der Waals surface area contributed by atoms with Crippen molar-refractivity contribution in [3.05, 3.63) is 23.8 Å². The number of amides is 1. The number of rotatable bonds is 5. The SMILES string of the molecule is N#CCCNC(=O)COc1cc(F)c(N)cc1F. The number of carbonyl (C=O) groups is 1. The van der Waals surface area contributed by atoms with Crippen LogP contribution in [0.3, 0.4) is 0 Å².